The van der Waals surface area contributed by atoms with Gasteiger partial charge in [0.1, 0.15) is 5.82 Å². The molecule has 2 atom stereocenters. The minimum atomic E-state index is -0.625. The molecule has 2 unspecified atom stereocenters. The van der Waals surface area contributed by atoms with Crippen LogP contribution in [0.2, 0.25) is 0 Å². The first kappa shape index (κ1) is 28.7. The van der Waals surface area contributed by atoms with Crippen LogP contribution in [0, 0.1) is 36.0 Å². The predicted molar refractivity (Wildman–Crippen MR) is 145 cm³/mol. The van der Waals surface area contributed by atoms with Gasteiger partial charge in [-0.1, -0.05) is 55.9 Å². The van der Waals surface area contributed by atoms with E-state index in [0.29, 0.717) is 30.9 Å². The largest absolute Gasteiger partial charge is 0.370 e. The second-order valence-corrected chi connectivity index (χ2v) is 9.11. The van der Waals surface area contributed by atoms with E-state index in [2.05, 4.69) is 16.4 Å². The van der Waals surface area contributed by atoms with E-state index in [4.69, 9.17) is 10.4 Å². The molecule has 6 nitrogen and oxygen atoms in total. The number of allylic oxidation sites excluding steroid dienone is 5. The molecule has 0 fully saturated rings. The van der Waals surface area contributed by atoms with Gasteiger partial charge < -0.3 is 5.32 Å². The fourth-order valence-electron chi connectivity index (χ4n) is 3.85. The number of rotatable bonds is 8. The summed E-state index contributed by atoms with van der Waals surface area (Å²) in [5.41, 5.74) is 3.47. The number of aryl methyl sites for hydroxylation is 1. The van der Waals surface area contributed by atoms with Crippen LogP contribution < -0.4 is 5.32 Å². The van der Waals surface area contributed by atoms with E-state index in [1.165, 1.54) is 5.01 Å². The smallest absolute Gasteiger partial charge is 0.249 e. The molecule has 0 radical (unpaired) electrons. The van der Waals surface area contributed by atoms with Gasteiger partial charge in [0, 0.05) is 13.0 Å². The number of hydrogen-bond donors (Lipinski definition) is 1. The number of hydrogen-bond acceptors (Lipinski definition) is 5. The lowest BCUT2D eigenvalue weighted by atomic mass is 10.0. The van der Waals surface area contributed by atoms with E-state index in [-0.39, 0.29) is 23.9 Å². The lowest BCUT2D eigenvalue weighted by Gasteiger charge is -2.22. The molecule has 2 heterocycles. The Kier molecular flexibility index (Phi) is 11.3. The van der Waals surface area contributed by atoms with E-state index >= 15 is 4.39 Å². The number of pyridine rings is 1. The van der Waals surface area contributed by atoms with Crippen LogP contribution in [0.5, 0.6) is 0 Å². The van der Waals surface area contributed by atoms with Crippen molar-refractivity contribution in [2.75, 3.05) is 18.4 Å². The first-order chi connectivity index (χ1) is 17.2. The summed E-state index contributed by atoms with van der Waals surface area (Å²) in [7, 11) is 0. The predicted octanol–water partition coefficient (Wildman–Crippen LogP) is 6.48. The maximum absolute atomic E-state index is 15.2. The maximum atomic E-state index is 15.2. The lowest BCUT2D eigenvalue weighted by molar-refractivity contribution is -0.133. The summed E-state index contributed by atoms with van der Waals surface area (Å²) in [6.45, 7) is 12.3. The summed E-state index contributed by atoms with van der Waals surface area (Å²) >= 11 is 0. The van der Waals surface area contributed by atoms with Crippen LogP contribution in [0.25, 0.3) is 0 Å². The number of carbonyl (C=O) groups excluding carboxylic acids is 1. The van der Waals surface area contributed by atoms with Crippen molar-refractivity contribution in [3.05, 3.63) is 70.7 Å². The third-order valence-corrected chi connectivity index (χ3v) is 5.76. The number of amides is 1. The van der Waals surface area contributed by atoms with Crippen molar-refractivity contribution in [2.24, 2.45) is 16.9 Å². The Morgan fingerprint density at radius 1 is 1.33 bits per heavy atom. The number of nitrogens with one attached hydrogen (secondary N) is 1. The van der Waals surface area contributed by atoms with Crippen LogP contribution in [0.1, 0.15) is 65.0 Å². The molecule has 1 N–H and O–H groups in total. The van der Waals surface area contributed by atoms with Crippen LogP contribution in [0.15, 0.2) is 58.8 Å². The highest BCUT2D eigenvalue weighted by Gasteiger charge is 2.23. The number of halogens is 1. The molecular weight excluding hydrogens is 453 g/mol. The molecule has 0 saturated carbocycles. The molecule has 0 aliphatic carbocycles. The molecule has 1 amide bonds. The number of aromatic nitrogens is 1. The maximum Gasteiger partial charge on any atom is 0.249 e. The summed E-state index contributed by atoms with van der Waals surface area (Å²) in [6.07, 6.45) is 13.5. The molecule has 192 valence electrons. The monoisotopic (exact) mass is 491 g/mol. The molecule has 0 bridgehead atoms. The highest BCUT2D eigenvalue weighted by molar-refractivity contribution is 6.02. The van der Waals surface area contributed by atoms with Gasteiger partial charge in [0.15, 0.2) is 0 Å². The van der Waals surface area contributed by atoms with E-state index in [1.807, 2.05) is 78.0 Å². The van der Waals surface area contributed by atoms with Crippen molar-refractivity contribution in [3.63, 3.8) is 0 Å². The Morgan fingerprint density at radius 2 is 2.06 bits per heavy atom. The van der Waals surface area contributed by atoms with Gasteiger partial charge in [-0.05, 0) is 57.7 Å². The summed E-state index contributed by atoms with van der Waals surface area (Å²) in [5.74, 6) is -0.951. The van der Waals surface area contributed by atoms with E-state index < -0.39 is 11.9 Å². The Hall–Kier alpha value is -3.53. The number of carbonyl (C=O) groups is 1. The average Bonchev–Trinajstić information content (AvgIpc) is 2.86. The van der Waals surface area contributed by atoms with Crippen LogP contribution in [-0.4, -0.2) is 34.7 Å². The van der Waals surface area contributed by atoms with Crippen LogP contribution >= 0.6 is 0 Å². The minimum absolute atomic E-state index is 0.174. The molecule has 36 heavy (non-hydrogen) atoms. The Bertz CT molecular complexity index is 1120. The van der Waals surface area contributed by atoms with E-state index in [1.54, 1.807) is 6.07 Å². The second-order valence-electron chi connectivity index (χ2n) is 9.11. The van der Waals surface area contributed by atoms with E-state index in [0.717, 1.165) is 23.1 Å². The van der Waals surface area contributed by atoms with Gasteiger partial charge in [-0.2, -0.15) is 14.8 Å². The van der Waals surface area contributed by atoms with Crippen molar-refractivity contribution in [1.82, 2.24) is 9.99 Å². The molecule has 1 aromatic rings. The molecular formula is C29H38FN5O. The topological polar surface area (TPSA) is 81.4 Å². The number of nitriles is 1. The highest BCUT2D eigenvalue weighted by atomic mass is 19.1. The van der Waals surface area contributed by atoms with Crippen molar-refractivity contribution in [3.8, 4) is 6.07 Å². The van der Waals surface area contributed by atoms with Crippen molar-refractivity contribution in [2.45, 2.75) is 60.8 Å². The van der Waals surface area contributed by atoms with Gasteiger partial charge in [0.25, 0.3) is 0 Å². The molecule has 0 spiro atoms. The van der Waals surface area contributed by atoms with Gasteiger partial charge in [-0.3, -0.25) is 4.79 Å². The number of nitrogens with zero attached hydrogens (tertiary/aromatic N) is 4. The highest BCUT2D eigenvalue weighted by Crippen LogP contribution is 2.21. The molecule has 2 rings (SSSR count). The molecule has 0 saturated heterocycles. The van der Waals surface area contributed by atoms with Gasteiger partial charge >= 0.3 is 0 Å². The fraction of sp³-hybridized carbons (Fsp3) is 0.448. The van der Waals surface area contributed by atoms with Crippen LogP contribution in [0.3, 0.4) is 0 Å². The van der Waals surface area contributed by atoms with Crippen molar-refractivity contribution < 1.29 is 9.18 Å². The van der Waals surface area contributed by atoms with Gasteiger partial charge in [0.05, 0.1) is 35.7 Å². The average molecular weight is 492 g/mol. The first-order valence-electron chi connectivity index (χ1n) is 12.6. The molecule has 0 aromatic carbocycles. The van der Waals surface area contributed by atoms with Gasteiger partial charge in [0.2, 0.25) is 11.9 Å². The first-order valence-corrected chi connectivity index (χ1v) is 12.6. The van der Waals surface area contributed by atoms with Crippen LogP contribution in [0.4, 0.5) is 10.2 Å². The fourth-order valence-corrected chi connectivity index (χ4v) is 3.85. The second kappa shape index (κ2) is 14.1. The number of anilines is 1. The SMILES string of the molecule is CC/C=C(\C=C/C(C)C#N)CN1/N=C(/c2cc(C)c(NCC)nc2F)C/C=C\C/C(C)=C/C(C)C1=O. The third kappa shape index (κ3) is 8.30. The summed E-state index contributed by atoms with van der Waals surface area (Å²) in [4.78, 5) is 17.7. The lowest BCUT2D eigenvalue weighted by Crippen LogP contribution is -2.33. The van der Waals surface area contributed by atoms with Crippen LogP contribution in [-0.2, 0) is 4.79 Å². The zero-order valence-corrected chi connectivity index (χ0v) is 22.3. The molecule has 1 aliphatic rings. The quantitative estimate of drug-likeness (QED) is 0.256. The molecule has 7 heteroatoms. The Balaban J connectivity index is 2.62. The zero-order chi connectivity index (χ0) is 26.7. The minimum Gasteiger partial charge on any atom is -0.370 e. The van der Waals surface area contributed by atoms with Gasteiger partial charge in [-0.25, -0.2) is 9.99 Å². The molecule has 1 aromatic heterocycles. The standard InChI is InChI=1S/C29H38FN5O/c1-7-11-24(15-14-21(4)18-31)19-35-29(36)23(6)16-20(3)12-9-10-13-26(34-35)25-17-22(5)28(32-8-2)33-27(25)30/h9-11,14-17,21,23H,7-8,12-13,19H2,1-6H3,(H,32,33)/b10-9-,15-14-,20-16+,24-11+,34-26+. The van der Waals surface area contributed by atoms with Gasteiger partial charge in [-0.15, -0.1) is 0 Å². The summed E-state index contributed by atoms with van der Waals surface area (Å²) in [5, 5.41) is 18.4. The Labute approximate surface area is 215 Å². The summed E-state index contributed by atoms with van der Waals surface area (Å²) in [6, 6.07) is 3.93. The molecule has 1 aliphatic heterocycles. The van der Waals surface area contributed by atoms with Crippen molar-refractivity contribution in [1.29, 1.82) is 5.26 Å². The third-order valence-electron chi connectivity index (χ3n) is 5.76. The zero-order valence-electron chi connectivity index (χ0n) is 22.3. The Morgan fingerprint density at radius 3 is 2.72 bits per heavy atom. The van der Waals surface area contributed by atoms with E-state index in [9.17, 15) is 4.79 Å². The normalized spacial score (nSPS) is 22.2. The number of hydrazone groups is 1. The van der Waals surface area contributed by atoms with Crippen molar-refractivity contribution >= 4 is 17.4 Å². The summed E-state index contributed by atoms with van der Waals surface area (Å²) < 4.78 is 15.2.